The van der Waals surface area contributed by atoms with E-state index in [-0.39, 0.29) is 43.0 Å². The van der Waals surface area contributed by atoms with Crippen LogP contribution in [0.5, 0.6) is 0 Å². The van der Waals surface area contributed by atoms with Crippen LogP contribution < -0.4 is 10.6 Å². The van der Waals surface area contributed by atoms with Crippen molar-refractivity contribution in [3.63, 3.8) is 0 Å². The predicted octanol–water partition coefficient (Wildman–Crippen LogP) is 2.87. The van der Waals surface area contributed by atoms with E-state index in [4.69, 9.17) is 4.74 Å². The lowest BCUT2D eigenvalue weighted by Crippen LogP contribution is -2.47. The van der Waals surface area contributed by atoms with E-state index in [1.165, 1.54) is 11.0 Å². The van der Waals surface area contributed by atoms with Crippen LogP contribution in [-0.2, 0) is 22.3 Å². The number of ether oxygens (including phenoxy) is 1. The second kappa shape index (κ2) is 11.4. The van der Waals surface area contributed by atoms with Gasteiger partial charge in [0.15, 0.2) is 5.96 Å². The van der Waals surface area contributed by atoms with Gasteiger partial charge in [-0.05, 0) is 31.5 Å². The molecule has 28 heavy (non-hydrogen) atoms. The van der Waals surface area contributed by atoms with Gasteiger partial charge in [-0.3, -0.25) is 4.79 Å². The number of alkyl halides is 3. The molecule has 0 heterocycles. The molecule has 0 saturated carbocycles. The van der Waals surface area contributed by atoms with Gasteiger partial charge in [-0.1, -0.05) is 12.1 Å². The van der Waals surface area contributed by atoms with Gasteiger partial charge in [0.05, 0.1) is 24.3 Å². The molecule has 0 radical (unpaired) electrons. The number of nitrogens with one attached hydrogen (secondary N) is 2. The molecule has 10 heteroatoms. The number of benzene rings is 1. The smallest absolute Gasteiger partial charge is 0.377 e. The Morgan fingerprint density at radius 3 is 2.39 bits per heavy atom. The normalized spacial score (nSPS) is 12.2. The number of rotatable bonds is 7. The van der Waals surface area contributed by atoms with Crippen molar-refractivity contribution in [3.05, 3.63) is 35.4 Å². The van der Waals surface area contributed by atoms with Crippen LogP contribution in [0, 0.1) is 0 Å². The molecule has 1 amide bonds. The SMILES string of the molecule is COC(C)(C)CNC(=NCc1cccc(C(F)(F)F)c1)NCC(=O)N(C)C.I. The fourth-order valence-electron chi connectivity index (χ4n) is 1.88. The Hall–Kier alpha value is -1.56. The van der Waals surface area contributed by atoms with Gasteiger partial charge in [-0.15, -0.1) is 24.0 Å². The zero-order valence-electron chi connectivity index (χ0n) is 16.7. The van der Waals surface area contributed by atoms with Crippen LogP contribution in [0.2, 0.25) is 0 Å². The minimum Gasteiger partial charge on any atom is -0.377 e. The predicted molar refractivity (Wildman–Crippen MR) is 114 cm³/mol. The highest BCUT2D eigenvalue weighted by Crippen LogP contribution is 2.29. The summed E-state index contributed by atoms with van der Waals surface area (Å²) in [5, 5.41) is 5.92. The molecular formula is C18H28F3IN4O2. The van der Waals surface area contributed by atoms with Gasteiger partial charge in [-0.25, -0.2) is 4.99 Å². The minimum absolute atomic E-state index is 0. The minimum atomic E-state index is -4.40. The molecule has 0 aliphatic rings. The molecule has 0 spiro atoms. The van der Waals surface area contributed by atoms with Gasteiger partial charge in [0.2, 0.25) is 5.91 Å². The average Bonchev–Trinajstić information content (AvgIpc) is 2.60. The standard InChI is InChI=1S/C18H27F3N4O2.HI/c1-17(2,27-5)12-24-16(23-11-15(26)25(3)4)22-10-13-7-6-8-14(9-13)18(19,20)21;/h6-9H,10-12H2,1-5H3,(H2,22,23,24);1H. The zero-order chi connectivity index (χ0) is 20.7. The van der Waals surface area contributed by atoms with E-state index in [0.29, 0.717) is 18.1 Å². The molecule has 0 bridgehead atoms. The van der Waals surface area contributed by atoms with Crippen molar-refractivity contribution in [2.75, 3.05) is 34.3 Å². The Kier molecular flexibility index (Phi) is 10.8. The fraction of sp³-hybridized carbons (Fsp3) is 0.556. The molecule has 0 saturated heterocycles. The molecule has 0 atom stereocenters. The average molecular weight is 516 g/mol. The lowest BCUT2D eigenvalue weighted by Gasteiger charge is -2.24. The number of likely N-dealkylation sites (N-methyl/N-ethyl adjacent to an activating group) is 1. The summed E-state index contributed by atoms with van der Waals surface area (Å²) in [4.78, 5) is 17.5. The summed E-state index contributed by atoms with van der Waals surface area (Å²) in [5.74, 6) is 0.155. The second-order valence-corrected chi connectivity index (χ2v) is 6.82. The first-order chi connectivity index (χ1) is 12.4. The van der Waals surface area contributed by atoms with Gasteiger partial charge < -0.3 is 20.3 Å². The summed E-state index contributed by atoms with van der Waals surface area (Å²) in [7, 11) is 4.83. The molecule has 0 unspecified atom stereocenters. The number of guanidine groups is 1. The summed E-state index contributed by atoms with van der Waals surface area (Å²) in [6.07, 6.45) is -4.40. The fourth-order valence-corrected chi connectivity index (χ4v) is 1.88. The van der Waals surface area contributed by atoms with Crippen molar-refractivity contribution in [2.45, 2.75) is 32.2 Å². The lowest BCUT2D eigenvalue weighted by atomic mass is 10.1. The molecule has 0 aliphatic carbocycles. The molecule has 0 fully saturated rings. The maximum Gasteiger partial charge on any atom is 0.416 e. The Morgan fingerprint density at radius 1 is 1.21 bits per heavy atom. The van der Waals surface area contributed by atoms with E-state index in [1.807, 2.05) is 13.8 Å². The van der Waals surface area contributed by atoms with Crippen molar-refractivity contribution in [3.8, 4) is 0 Å². The first-order valence-corrected chi connectivity index (χ1v) is 8.38. The number of hydrogen-bond acceptors (Lipinski definition) is 3. The molecular weight excluding hydrogens is 488 g/mol. The third-order valence-corrected chi connectivity index (χ3v) is 3.81. The number of carbonyl (C=O) groups is 1. The molecule has 0 aromatic heterocycles. The molecule has 2 N–H and O–H groups in total. The highest BCUT2D eigenvalue weighted by molar-refractivity contribution is 14.0. The Bertz CT molecular complexity index is 664. The number of aliphatic imine (C=N–C) groups is 1. The quantitative estimate of drug-likeness (QED) is 0.333. The first kappa shape index (κ1) is 26.4. The van der Waals surface area contributed by atoms with Gasteiger partial charge in [0.1, 0.15) is 0 Å². The highest BCUT2D eigenvalue weighted by Gasteiger charge is 2.30. The molecule has 160 valence electrons. The van der Waals surface area contributed by atoms with Crippen molar-refractivity contribution in [1.29, 1.82) is 0 Å². The van der Waals surface area contributed by atoms with Crippen LogP contribution in [0.1, 0.15) is 25.0 Å². The van der Waals surface area contributed by atoms with E-state index >= 15 is 0 Å². The molecule has 0 aliphatic heterocycles. The molecule has 1 aromatic rings. The maximum absolute atomic E-state index is 12.8. The second-order valence-electron chi connectivity index (χ2n) is 6.82. The molecule has 1 rings (SSSR count). The van der Waals surface area contributed by atoms with Crippen LogP contribution in [0.25, 0.3) is 0 Å². The van der Waals surface area contributed by atoms with Crippen molar-refractivity contribution >= 4 is 35.8 Å². The number of halogens is 4. The summed E-state index contributed by atoms with van der Waals surface area (Å²) in [6.45, 7) is 4.18. The summed E-state index contributed by atoms with van der Waals surface area (Å²) in [5.41, 5.74) is -0.790. The third-order valence-electron chi connectivity index (χ3n) is 3.81. The number of hydrogen-bond donors (Lipinski definition) is 2. The molecule has 6 nitrogen and oxygen atoms in total. The molecule has 1 aromatic carbocycles. The van der Waals surface area contributed by atoms with E-state index in [0.717, 1.165) is 12.1 Å². The van der Waals surface area contributed by atoms with Crippen molar-refractivity contribution in [2.24, 2.45) is 4.99 Å². The summed E-state index contributed by atoms with van der Waals surface area (Å²) >= 11 is 0. The Balaban J connectivity index is 0.00000729. The lowest BCUT2D eigenvalue weighted by molar-refractivity contribution is -0.137. The van der Waals surface area contributed by atoms with E-state index in [9.17, 15) is 18.0 Å². The van der Waals surface area contributed by atoms with E-state index in [1.54, 1.807) is 27.3 Å². The van der Waals surface area contributed by atoms with Crippen LogP contribution in [-0.4, -0.2) is 56.7 Å². The summed E-state index contributed by atoms with van der Waals surface area (Å²) < 4.78 is 43.8. The maximum atomic E-state index is 12.8. The van der Waals surface area contributed by atoms with Gasteiger partial charge in [0, 0.05) is 27.7 Å². The van der Waals surface area contributed by atoms with Gasteiger partial charge >= 0.3 is 6.18 Å². The monoisotopic (exact) mass is 516 g/mol. The van der Waals surface area contributed by atoms with Crippen LogP contribution in [0.3, 0.4) is 0 Å². The third kappa shape index (κ3) is 9.58. The first-order valence-electron chi connectivity index (χ1n) is 8.38. The van der Waals surface area contributed by atoms with Gasteiger partial charge in [-0.2, -0.15) is 13.2 Å². The number of methoxy groups -OCH3 is 1. The number of carbonyl (C=O) groups excluding carboxylic acids is 1. The Morgan fingerprint density at radius 2 is 1.86 bits per heavy atom. The van der Waals surface area contributed by atoms with Crippen molar-refractivity contribution in [1.82, 2.24) is 15.5 Å². The Labute approximate surface area is 180 Å². The highest BCUT2D eigenvalue weighted by atomic mass is 127. The van der Waals surface area contributed by atoms with Crippen LogP contribution in [0.4, 0.5) is 13.2 Å². The number of nitrogens with zero attached hydrogens (tertiary/aromatic N) is 2. The van der Waals surface area contributed by atoms with Crippen LogP contribution >= 0.6 is 24.0 Å². The largest absolute Gasteiger partial charge is 0.416 e. The van der Waals surface area contributed by atoms with E-state index < -0.39 is 17.3 Å². The number of amides is 1. The summed E-state index contributed by atoms with van der Waals surface area (Å²) in [6, 6.07) is 4.99. The van der Waals surface area contributed by atoms with Gasteiger partial charge in [0.25, 0.3) is 0 Å². The zero-order valence-corrected chi connectivity index (χ0v) is 19.0. The van der Waals surface area contributed by atoms with Crippen LogP contribution in [0.15, 0.2) is 29.3 Å². The van der Waals surface area contributed by atoms with Crippen molar-refractivity contribution < 1.29 is 22.7 Å². The van der Waals surface area contributed by atoms with E-state index in [2.05, 4.69) is 15.6 Å². The topological polar surface area (TPSA) is 66.0 Å².